The number of nitro groups is 1. The summed E-state index contributed by atoms with van der Waals surface area (Å²) in [6, 6.07) is 11.3. The first-order valence-corrected chi connectivity index (χ1v) is 6.42. The zero-order chi connectivity index (χ0) is 15.2. The molecule has 0 unspecified atom stereocenters. The highest BCUT2D eigenvalue weighted by Gasteiger charge is 2.12. The van der Waals surface area contributed by atoms with Crippen molar-refractivity contribution in [3.05, 3.63) is 70.0 Å². The van der Waals surface area contributed by atoms with Gasteiger partial charge in [0.05, 0.1) is 17.2 Å². The fourth-order valence-electron chi connectivity index (χ4n) is 1.93. The molecule has 0 radical (unpaired) electrons. The summed E-state index contributed by atoms with van der Waals surface area (Å²) in [7, 11) is 1.83. The van der Waals surface area contributed by atoms with E-state index in [0.29, 0.717) is 12.1 Å². The van der Waals surface area contributed by atoms with Gasteiger partial charge in [0.2, 0.25) is 0 Å². The second-order valence-electron chi connectivity index (χ2n) is 4.72. The zero-order valence-corrected chi connectivity index (χ0v) is 11.6. The molecule has 0 saturated carbocycles. The topological polar surface area (TPSA) is 76.3 Å². The Kier molecular flexibility index (Phi) is 4.73. The van der Waals surface area contributed by atoms with Crippen LogP contribution in [0.5, 0.6) is 0 Å². The van der Waals surface area contributed by atoms with Crippen LogP contribution in [0.25, 0.3) is 0 Å². The number of nitro benzene ring substituents is 1. The number of pyridine rings is 1. The summed E-state index contributed by atoms with van der Waals surface area (Å²) in [5.74, 6) is -0.0803. The Balaban J connectivity index is 1.96. The minimum atomic E-state index is -0.485. The second-order valence-corrected chi connectivity index (χ2v) is 4.72. The summed E-state index contributed by atoms with van der Waals surface area (Å²) in [6.45, 7) is 0.800. The van der Waals surface area contributed by atoms with Crippen LogP contribution in [0, 0.1) is 10.1 Å². The highest BCUT2D eigenvalue weighted by molar-refractivity contribution is 5.97. The molecule has 0 amide bonds. The van der Waals surface area contributed by atoms with Crippen LogP contribution in [0.15, 0.2) is 48.7 Å². The normalized spacial score (nSPS) is 10.6. The number of benzene rings is 1. The Labute approximate surface area is 122 Å². The third kappa shape index (κ3) is 4.19. The third-order valence-corrected chi connectivity index (χ3v) is 2.97. The Hall–Kier alpha value is -2.60. The first-order chi connectivity index (χ1) is 10.1. The maximum absolute atomic E-state index is 12.1. The van der Waals surface area contributed by atoms with Crippen LogP contribution in [0.4, 0.5) is 5.69 Å². The van der Waals surface area contributed by atoms with Crippen molar-refractivity contribution in [1.29, 1.82) is 0 Å². The van der Waals surface area contributed by atoms with Crippen LogP contribution in [-0.2, 0) is 6.54 Å². The Morgan fingerprint density at radius 1 is 1.24 bits per heavy atom. The van der Waals surface area contributed by atoms with Crippen LogP contribution in [-0.4, -0.2) is 34.2 Å². The van der Waals surface area contributed by atoms with Gasteiger partial charge in [-0.05, 0) is 31.3 Å². The molecule has 2 rings (SSSR count). The standard InChI is InChI=1S/C15H15N3O3/c1-17(10-13-4-2-3-9-16-13)11-15(19)12-5-7-14(8-6-12)18(20)21/h2-9H,10-11H2,1H3. The van der Waals surface area contributed by atoms with E-state index < -0.39 is 4.92 Å². The molecule has 1 aromatic heterocycles. The maximum atomic E-state index is 12.1. The van der Waals surface area contributed by atoms with Gasteiger partial charge in [-0.3, -0.25) is 24.8 Å². The average molecular weight is 285 g/mol. The molecule has 0 aliphatic heterocycles. The molecule has 1 aromatic carbocycles. The van der Waals surface area contributed by atoms with E-state index in [0.717, 1.165) is 5.69 Å². The van der Waals surface area contributed by atoms with Crippen molar-refractivity contribution in [2.75, 3.05) is 13.6 Å². The summed E-state index contributed by atoms with van der Waals surface area (Å²) in [5.41, 5.74) is 1.33. The van der Waals surface area contributed by atoms with E-state index in [1.807, 2.05) is 30.1 Å². The van der Waals surface area contributed by atoms with Gasteiger partial charge >= 0.3 is 0 Å². The average Bonchev–Trinajstić information content (AvgIpc) is 2.48. The molecule has 1 heterocycles. The number of hydrogen-bond acceptors (Lipinski definition) is 5. The summed E-state index contributed by atoms with van der Waals surface area (Å²) >= 11 is 0. The van der Waals surface area contributed by atoms with Crippen molar-refractivity contribution >= 4 is 11.5 Å². The fraction of sp³-hybridized carbons (Fsp3) is 0.200. The summed E-state index contributed by atoms with van der Waals surface area (Å²) in [4.78, 5) is 28.2. The van der Waals surface area contributed by atoms with Crippen LogP contribution in [0.3, 0.4) is 0 Å². The largest absolute Gasteiger partial charge is 0.293 e. The van der Waals surface area contributed by atoms with Crippen molar-refractivity contribution < 1.29 is 9.72 Å². The smallest absolute Gasteiger partial charge is 0.269 e. The van der Waals surface area contributed by atoms with E-state index in [1.54, 1.807) is 6.20 Å². The van der Waals surface area contributed by atoms with Gasteiger partial charge in [0.1, 0.15) is 0 Å². The Morgan fingerprint density at radius 3 is 2.52 bits per heavy atom. The van der Waals surface area contributed by atoms with Gasteiger partial charge in [-0.25, -0.2) is 0 Å². The lowest BCUT2D eigenvalue weighted by molar-refractivity contribution is -0.384. The molecule has 0 spiro atoms. The molecule has 0 saturated heterocycles. The van der Waals surface area contributed by atoms with Crippen LogP contribution < -0.4 is 0 Å². The molecule has 0 aliphatic carbocycles. The van der Waals surface area contributed by atoms with Crippen molar-refractivity contribution in [2.24, 2.45) is 0 Å². The summed E-state index contributed by atoms with van der Waals surface area (Å²) < 4.78 is 0. The Bertz CT molecular complexity index is 626. The number of carbonyl (C=O) groups excluding carboxylic acids is 1. The molecule has 6 nitrogen and oxygen atoms in total. The maximum Gasteiger partial charge on any atom is 0.269 e. The lowest BCUT2D eigenvalue weighted by atomic mass is 10.1. The van der Waals surface area contributed by atoms with Gasteiger partial charge in [-0.2, -0.15) is 0 Å². The number of rotatable bonds is 6. The first-order valence-electron chi connectivity index (χ1n) is 6.42. The van der Waals surface area contributed by atoms with Crippen molar-refractivity contribution in [1.82, 2.24) is 9.88 Å². The number of likely N-dealkylation sites (N-methyl/N-ethyl adjacent to an activating group) is 1. The van der Waals surface area contributed by atoms with Crippen molar-refractivity contribution in [2.45, 2.75) is 6.54 Å². The van der Waals surface area contributed by atoms with Crippen molar-refractivity contribution in [3.63, 3.8) is 0 Å². The molecular formula is C15H15N3O3. The lowest BCUT2D eigenvalue weighted by Gasteiger charge is -2.15. The monoisotopic (exact) mass is 285 g/mol. The van der Waals surface area contributed by atoms with E-state index >= 15 is 0 Å². The number of ketones is 1. The number of Topliss-reactive ketones (excluding diaryl/α,β-unsaturated/α-hetero) is 1. The first kappa shape index (κ1) is 14.8. The quantitative estimate of drug-likeness (QED) is 0.462. The predicted octanol–water partition coefficient (Wildman–Crippen LogP) is 2.30. The lowest BCUT2D eigenvalue weighted by Crippen LogP contribution is -2.26. The van der Waals surface area contributed by atoms with Crippen LogP contribution in [0.2, 0.25) is 0 Å². The SMILES string of the molecule is CN(CC(=O)c1ccc([N+](=O)[O-])cc1)Cc1ccccn1. The fourth-order valence-corrected chi connectivity index (χ4v) is 1.93. The molecule has 2 aromatic rings. The molecule has 0 bridgehead atoms. The van der Waals surface area contributed by atoms with E-state index in [-0.39, 0.29) is 18.0 Å². The molecule has 0 N–H and O–H groups in total. The van der Waals surface area contributed by atoms with Gasteiger partial charge in [0.25, 0.3) is 5.69 Å². The minimum Gasteiger partial charge on any atom is -0.293 e. The number of carbonyl (C=O) groups is 1. The van der Waals surface area contributed by atoms with E-state index in [2.05, 4.69) is 4.98 Å². The third-order valence-electron chi connectivity index (χ3n) is 2.97. The Morgan fingerprint density at radius 2 is 1.95 bits per heavy atom. The predicted molar refractivity (Wildman–Crippen MR) is 78.0 cm³/mol. The van der Waals surface area contributed by atoms with Crippen LogP contribution >= 0.6 is 0 Å². The number of non-ortho nitro benzene ring substituents is 1. The highest BCUT2D eigenvalue weighted by Crippen LogP contribution is 2.12. The molecule has 0 fully saturated rings. The molecule has 21 heavy (non-hydrogen) atoms. The van der Waals surface area contributed by atoms with Gasteiger partial charge in [0.15, 0.2) is 5.78 Å². The molecule has 6 heteroatoms. The van der Waals surface area contributed by atoms with Gasteiger partial charge in [-0.15, -0.1) is 0 Å². The van der Waals surface area contributed by atoms with E-state index in [4.69, 9.17) is 0 Å². The number of nitrogens with zero attached hydrogens (tertiary/aromatic N) is 3. The molecular weight excluding hydrogens is 270 g/mol. The summed E-state index contributed by atoms with van der Waals surface area (Å²) in [5, 5.41) is 10.6. The van der Waals surface area contributed by atoms with Gasteiger partial charge in [-0.1, -0.05) is 6.07 Å². The number of aromatic nitrogens is 1. The van der Waals surface area contributed by atoms with E-state index in [1.165, 1.54) is 24.3 Å². The van der Waals surface area contributed by atoms with E-state index in [9.17, 15) is 14.9 Å². The molecule has 108 valence electrons. The molecule has 0 aliphatic rings. The minimum absolute atomic E-state index is 0.0200. The van der Waals surface area contributed by atoms with Gasteiger partial charge < -0.3 is 0 Å². The highest BCUT2D eigenvalue weighted by atomic mass is 16.6. The zero-order valence-electron chi connectivity index (χ0n) is 11.6. The second kappa shape index (κ2) is 6.71. The summed E-state index contributed by atoms with van der Waals surface area (Å²) in [6.07, 6.45) is 1.71. The number of hydrogen-bond donors (Lipinski definition) is 0. The van der Waals surface area contributed by atoms with Crippen LogP contribution in [0.1, 0.15) is 16.1 Å². The molecule has 0 atom stereocenters. The van der Waals surface area contributed by atoms with Crippen molar-refractivity contribution in [3.8, 4) is 0 Å². The van der Waals surface area contributed by atoms with Gasteiger partial charge in [0, 0.05) is 30.4 Å².